The van der Waals surface area contributed by atoms with E-state index >= 15 is 0 Å². The Balaban J connectivity index is 2.71. The van der Waals surface area contributed by atoms with E-state index in [1.807, 2.05) is 0 Å². The average molecular weight is 390 g/mol. The van der Waals surface area contributed by atoms with Gasteiger partial charge in [0, 0.05) is 11.8 Å². The summed E-state index contributed by atoms with van der Waals surface area (Å²) in [6, 6.07) is 1.89. The fourth-order valence-electron chi connectivity index (χ4n) is 1.72. The zero-order chi connectivity index (χ0) is 17.7. The normalized spacial score (nSPS) is 14.7. The zero-order valence-corrected chi connectivity index (χ0v) is 13.2. The van der Waals surface area contributed by atoms with Gasteiger partial charge in [-0.25, -0.2) is 4.68 Å². The van der Waals surface area contributed by atoms with Crippen molar-refractivity contribution >= 4 is 39.5 Å². The van der Waals surface area contributed by atoms with Gasteiger partial charge < -0.3 is 0 Å². The summed E-state index contributed by atoms with van der Waals surface area (Å²) in [5.74, 6) is 0. The van der Waals surface area contributed by atoms with Crippen LogP contribution in [0, 0.1) is 11.3 Å². The third-order valence-corrected chi connectivity index (χ3v) is 4.44. The lowest BCUT2D eigenvalue weighted by atomic mass is 10.2. The van der Waals surface area contributed by atoms with E-state index < -0.39 is 25.2 Å². The molecule has 1 aromatic heterocycles. The van der Waals surface area contributed by atoms with Crippen LogP contribution in [0.1, 0.15) is 11.3 Å². The van der Waals surface area contributed by atoms with Crippen LogP contribution in [0.25, 0.3) is 11.8 Å². The van der Waals surface area contributed by atoms with Crippen molar-refractivity contribution in [3.8, 4) is 11.8 Å². The van der Waals surface area contributed by atoms with E-state index in [-0.39, 0.29) is 29.1 Å². The van der Waals surface area contributed by atoms with Gasteiger partial charge in [0.1, 0.15) is 16.7 Å². The highest BCUT2D eigenvalue weighted by Crippen LogP contribution is 3.02. The van der Waals surface area contributed by atoms with E-state index in [9.17, 15) is 19.4 Å². The fourth-order valence-corrected chi connectivity index (χ4v) is 3.19. The van der Waals surface area contributed by atoms with Crippen molar-refractivity contribution in [2.24, 2.45) is 0 Å². The number of aromatic nitrogens is 2. The summed E-state index contributed by atoms with van der Waals surface area (Å²) >= 11 is 11.4. The van der Waals surface area contributed by atoms with Crippen LogP contribution in [0.3, 0.4) is 0 Å². The molecule has 0 amide bonds. The second kappa shape index (κ2) is 4.63. The van der Waals surface area contributed by atoms with Crippen LogP contribution >= 0.6 is 33.4 Å². The predicted octanol–water partition coefficient (Wildman–Crippen LogP) is 6.35. The molecule has 124 valence electrons. The van der Waals surface area contributed by atoms with E-state index in [2.05, 4.69) is 11.7 Å². The lowest BCUT2D eigenvalue weighted by molar-refractivity contribution is 0.364. The highest BCUT2D eigenvalue weighted by molar-refractivity contribution is 8.45. The molecule has 0 saturated carbocycles. The highest BCUT2D eigenvalue weighted by Gasteiger charge is 2.65. The van der Waals surface area contributed by atoms with Crippen LogP contribution in [0.4, 0.5) is 19.4 Å². The lowest BCUT2D eigenvalue weighted by Crippen LogP contribution is -2.07. The number of rotatable bonds is 3. The van der Waals surface area contributed by atoms with Crippen molar-refractivity contribution in [2.45, 2.75) is 4.90 Å². The van der Waals surface area contributed by atoms with Crippen molar-refractivity contribution in [1.82, 2.24) is 9.78 Å². The Morgan fingerprint density at radius 3 is 2.04 bits per heavy atom. The minimum atomic E-state index is -9.92. The Labute approximate surface area is 137 Å². The first kappa shape index (κ1) is 17.6. The van der Waals surface area contributed by atoms with E-state index in [4.69, 9.17) is 28.5 Å². The van der Waals surface area contributed by atoms with Gasteiger partial charge in [0.25, 0.3) is 0 Å². The number of hydrogen-bond donors (Lipinski definition) is 0. The maximum atomic E-state index is 12.8. The molecule has 0 N–H and O–H groups in total. The molecule has 0 saturated heterocycles. The number of halogens is 7. The summed E-state index contributed by atoms with van der Waals surface area (Å²) in [6.07, 6.45) is 2.52. The van der Waals surface area contributed by atoms with E-state index in [1.165, 1.54) is 12.3 Å². The SMILES string of the molecule is C=Cc1cn(-c2c(Cl)cc(S(F)(F)(F)(F)F)cc2Cl)nc1C#N. The van der Waals surface area contributed by atoms with Gasteiger partial charge in [0.2, 0.25) is 0 Å². The number of benzene rings is 1. The molecular formula is C12H6Cl2F5N3S. The lowest BCUT2D eigenvalue weighted by Gasteiger charge is -2.40. The van der Waals surface area contributed by atoms with Gasteiger partial charge in [-0.05, 0) is 12.1 Å². The fraction of sp³-hybridized carbons (Fsp3) is 0. The van der Waals surface area contributed by atoms with E-state index in [1.54, 1.807) is 6.07 Å². The topological polar surface area (TPSA) is 41.6 Å². The summed E-state index contributed by atoms with van der Waals surface area (Å²) in [4.78, 5) is -2.21. The molecule has 0 unspecified atom stereocenters. The second-order valence-electron chi connectivity index (χ2n) is 4.40. The van der Waals surface area contributed by atoms with Crippen LogP contribution < -0.4 is 0 Å². The molecule has 0 radical (unpaired) electrons. The van der Waals surface area contributed by atoms with Crippen molar-refractivity contribution in [3.63, 3.8) is 0 Å². The van der Waals surface area contributed by atoms with Gasteiger partial charge in [-0.15, -0.1) is 0 Å². The van der Waals surface area contributed by atoms with Gasteiger partial charge in [-0.1, -0.05) is 55.3 Å². The molecular weight excluding hydrogens is 384 g/mol. The number of hydrogen-bond acceptors (Lipinski definition) is 2. The van der Waals surface area contributed by atoms with Crippen LogP contribution in [0.5, 0.6) is 0 Å². The van der Waals surface area contributed by atoms with Gasteiger partial charge >= 0.3 is 10.2 Å². The first-order chi connectivity index (χ1) is 10.3. The molecule has 0 fully saturated rings. The molecule has 0 aliphatic rings. The quantitative estimate of drug-likeness (QED) is 0.573. The Kier molecular flexibility index (Phi) is 3.54. The second-order valence-corrected chi connectivity index (χ2v) is 7.62. The summed E-state index contributed by atoms with van der Waals surface area (Å²) in [6.45, 7) is 3.44. The monoisotopic (exact) mass is 389 g/mol. The van der Waals surface area contributed by atoms with Crippen LogP contribution in [-0.4, -0.2) is 9.78 Å². The molecule has 1 heterocycles. The van der Waals surface area contributed by atoms with E-state index in [0.29, 0.717) is 0 Å². The summed E-state index contributed by atoms with van der Waals surface area (Å²) in [5, 5.41) is 11.3. The minimum Gasteiger partial charge on any atom is -0.236 e. The van der Waals surface area contributed by atoms with E-state index in [0.717, 1.165) is 4.68 Å². The predicted molar refractivity (Wildman–Crippen MR) is 79.8 cm³/mol. The van der Waals surface area contributed by atoms with Crippen molar-refractivity contribution in [2.75, 3.05) is 0 Å². The molecule has 11 heteroatoms. The summed E-state index contributed by atoms with van der Waals surface area (Å²) in [5.41, 5.74) is -0.0659. The number of nitriles is 1. The molecule has 0 atom stereocenters. The first-order valence-electron chi connectivity index (χ1n) is 5.62. The molecule has 23 heavy (non-hydrogen) atoms. The third kappa shape index (κ3) is 3.44. The van der Waals surface area contributed by atoms with Crippen molar-refractivity contribution in [1.29, 1.82) is 5.26 Å². The maximum absolute atomic E-state index is 12.8. The zero-order valence-electron chi connectivity index (χ0n) is 10.9. The van der Waals surface area contributed by atoms with Gasteiger partial charge in [0.15, 0.2) is 5.69 Å². The molecule has 0 aliphatic heterocycles. The molecule has 2 rings (SSSR count). The summed E-state index contributed by atoms with van der Waals surface area (Å²) in [7, 11) is -9.92. The molecule has 0 bridgehead atoms. The minimum absolute atomic E-state index is 0.0750. The molecule has 2 aromatic rings. The molecule has 1 aromatic carbocycles. The van der Waals surface area contributed by atoms with Crippen molar-refractivity contribution < 1.29 is 19.4 Å². The first-order valence-corrected chi connectivity index (χ1v) is 8.33. The van der Waals surface area contributed by atoms with Crippen molar-refractivity contribution in [3.05, 3.63) is 46.2 Å². The van der Waals surface area contributed by atoms with Crippen LogP contribution in [-0.2, 0) is 0 Å². The molecule has 3 nitrogen and oxygen atoms in total. The standard InChI is InChI=1S/C12H6Cl2F5N3S/c1-2-7-6-22(21-11(7)5-20)12-9(13)3-8(4-10(12)14)23(15,16,17,18)19/h2-4,6H,1H2. The summed E-state index contributed by atoms with van der Waals surface area (Å²) < 4.78 is 65.0. The van der Waals surface area contributed by atoms with Gasteiger partial charge in [-0.2, -0.15) is 10.4 Å². The Morgan fingerprint density at radius 1 is 1.17 bits per heavy atom. The smallest absolute Gasteiger partial charge is 0.236 e. The van der Waals surface area contributed by atoms with Crippen LogP contribution in [0.15, 0.2) is 29.8 Å². The maximum Gasteiger partial charge on any atom is 0.310 e. The largest absolute Gasteiger partial charge is 0.310 e. The molecule has 0 spiro atoms. The van der Waals surface area contributed by atoms with Crippen LogP contribution in [0.2, 0.25) is 10.0 Å². The number of nitrogens with zero attached hydrogens (tertiary/aromatic N) is 3. The Bertz CT molecular complexity index is 845. The highest BCUT2D eigenvalue weighted by atomic mass is 35.5. The average Bonchev–Trinajstić information content (AvgIpc) is 2.78. The molecule has 0 aliphatic carbocycles. The Hall–Kier alpha value is -1.76. The van der Waals surface area contributed by atoms with Gasteiger partial charge in [-0.3, -0.25) is 0 Å². The third-order valence-electron chi connectivity index (χ3n) is 2.73. The van der Waals surface area contributed by atoms with Gasteiger partial charge in [0.05, 0.1) is 10.0 Å². The Morgan fingerprint density at radius 2 is 1.70 bits per heavy atom.